The monoisotopic (exact) mass is 354 g/mol. The van der Waals surface area contributed by atoms with E-state index < -0.39 is 0 Å². The van der Waals surface area contributed by atoms with E-state index in [9.17, 15) is 0 Å². The number of methoxy groups -OCH3 is 2. The molecule has 25 heavy (non-hydrogen) atoms. The third-order valence-electron chi connectivity index (χ3n) is 4.21. The van der Waals surface area contributed by atoms with Crippen molar-refractivity contribution < 1.29 is 13.9 Å². The number of ether oxygens (including phenoxy) is 2. The topological polar surface area (TPSA) is 56.9 Å². The number of aromatic nitrogens is 1. The zero-order chi connectivity index (χ0) is 17.2. The van der Waals surface area contributed by atoms with Crippen LogP contribution in [0.2, 0.25) is 0 Å². The summed E-state index contributed by atoms with van der Waals surface area (Å²) in [6.07, 6.45) is 0.909. The molecule has 0 saturated heterocycles. The first-order chi connectivity index (χ1) is 12.3. The molecule has 2 aromatic carbocycles. The fourth-order valence-electron chi connectivity index (χ4n) is 2.96. The molecule has 0 saturated carbocycles. The number of aliphatic imine (C=N–C) groups is 1. The molecule has 1 aliphatic heterocycles. The Morgan fingerprint density at radius 2 is 1.92 bits per heavy atom. The van der Waals surface area contributed by atoms with Gasteiger partial charge in [0.15, 0.2) is 17.1 Å². The number of fused-ring (bicyclic) bond motifs is 2. The quantitative estimate of drug-likeness (QED) is 0.649. The average molecular weight is 354 g/mol. The minimum Gasteiger partial charge on any atom is -0.493 e. The Balaban J connectivity index is 1.58. The van der Waals surface area contributed by atoms with Gasteiger partial charge in [-0.05, 0) is 36.2 Å². The molecule has 0 atom stereocenters. The number of hydrogen-bond donors (Lipinski definition) is 0. The van der Waals surface area contributed by atoms with Crippen LogP contribution in [0.15, 0.2) is 51.0 Å². The van der Waals surface area contributed by atoms with E-state index in [1.54, 1.807) is 26.0 Å². The third kappa shape index (κ3) is 3.09. The second-order valence-corrected chi connectivity index (χ2v) is 6.61. The molecular weight excluding hydrogens is 336 g/mol. The smallest absolute Gasteiger partial charge is 0.257 e. The van der Waals surface area contributed by atoms with E-state index in [-0.39, 0.29) is 0 Å². The molecular formula is C19H18N2O3S. The maximum absolute atomic E-state index is 5.78. The first-order valence-electron chi connectivity index (χ1n) is 8.05. The normalized spacial score (nSPS) is 13.4. The molecule has 5 nitrogen and oxygen atoms in total. The van der Waals surface area contributed by atoms with E-state index in [2.05, 4.69) is 4.98 Å². The van der Waals surface area contributed by atoms with Crippen LogP contribution in [0.3, 0.4) is 0 Å². The Bertz CT molecular complexity index is 916. The van der Waals surface area contributed by atoms with E-state index in [0.717, 1.165) is 46.8 Å². The summed E-state index contributed by atoms with van der Waals surface area (Å²) in [7, 11) is 3.31. The van der Waals surface area contributed by atoms with Gasteiger partial charge < -0.3 is 13.9 Å². The number of rotatable bonds is 5. The van der Waals surface area contributed by atoms with Crippen molar-refractivity contribution in [1.29, 1.82) is 0 Å². The molecule has 0 aliphatic carbocycles. The largest absolute Gasteiger partial charge is 0.493 e. The van der Waals surface area contributed by atoms with Crippen LogP contribution < -0.4 is 9.47 Å². The van der Waals surface area contributed by atoms with Gasteiger partial charge in [-0.15, -0.1) is 0 Å². The molecule has 4 rings (SSSR count). The summed E-state index contributed by atoms with van der Waals surface area (Å²) in [4.78, 5) is 9.21. The number of hydrogen-bond acceptors (Lipinski definition) is 6. The standard InChI is InChI=1S/C19H18N2O3S/c1-22-17-9-12-7-8-20-15(13(12)10-18(17)23-2)11-25-19-21-14-5-3-4-6-16(14)24-19/h3-6,9-10H,7-8,11H2,1-2H3. The molecule has 1 aliphatic rings. The van der Waals surface area contributed by atoms with Crippen LogP contribution in [-0.4, -0.2) is 37.2 Å². The van der Waals surface area contributed by atoms with Crippen molar-refractivity contribution in [3.8, 4) is 11.5 Å². The van der Waals surface area contributed by atoms with Crippen molar-refractivity contribution in [1.82, 2.24) is 4.98 Å². The summed E-state index contributed by atoms with van der Waals surface area (Å²) in [6, 6.07) is 11.8. The van der Waals surface area contributed by atoms with Crippen molar-refractivity contribution in [2.75, 3.05) is 26.5 Å². The molecule has 0 N–H and O–H groups in total. The minimum absolute atomic E-state index is 0.663. The van der Waals surface area contributed by atoms with Crippen LogP contribution >= 0.6 is 11.8 Å². The summed E-state index contributed by atoms with van der Waals surface area (Å²) < 4.78 is 16.6. The van der Waals surface area contributed by atoms with Gasteiger partial charge >= 0.3 is 0 Å². The van der Waals surface area contributed by atoms with Crippen LogP contribution in [0.4, 0.5) is 0 Å². The molecule has 0 unspecified atom stereocenters. The molecule has 0 bridgehead atoms. The fourth-order valence-corrected chi connectivity index (χ4v) is 3.78. The number of nitrogens with zero attached hydrogens (tertiary/aromatic N) is 2. The lowest BCUT2D eigenvalue weighted by Gasteiger charge is -2.19. The predicted octanol–water partition coefficient (Wildman–Crippen LogP) is 3.98. The Morgan fingerprint density at radius 3 is 2.72 bits per heavy atom. The summed E-state index contributed by atoms with van der Waals surface area (Å²) in [5, 5.41) is 0.663. The number of para-hydroxylation sites is 2. The highest BCUT2D eigenvalue weighted by Crippen LogP contribution is 2.33. The molecule has 128 valence electrons. The van der Waals surface area contributed by atoms with Gasteiger partial charge in [0.05, 0.1) is 19.9 Å². The van der Waals surface area contributed by atoms with Crippen LogP contribution in [0, 0.1) is 0 Å². The highest BCUT2D eigenvalue weighted by molar-refractivity contribution is 7.99. The lowest BCUT2D eigenvalue weighted by molar-refractivity contribution is 0.354. The molecule has 0 amide bonds. The second-order valence-electron chi connectivity index (χ2n) is 5.68. The summed E-state index contributed by atoms with van der Waals surface area (Å²) >= 11 is 1.56. The Hall–Kier alpha value is -2.47. The predicted molar refractivity (Wildman–Crippen MR) is 99.4 cm³/mol. The molecule has 0 fully saturated rings. The fraction of sp³-hybridized carbons (Fsp3) is 0.263. The Labute approximate surface area is 150 Å². The molecule has 1 aromatic heterocycles. The highest BCUT2D eigenvalue weighted by Gasteiger charge is 2.19. The summed E-state index contributed by atoms with van der Waals surface area (Å²) in [6.45, 7) is 0.784. The van der Waals surface area contributed by atoms with Gasteiger partial charge in [-0.2, -0.15) is 0 Å². The van der Waals surface area contributed by atoms with E-state index in [1.807, 2.05) is 36.4 Å². The number of oxazole rings is 1. The van der Waals surface area contributed by atoms with Gasteiger partial charge in [-0.25, -0.2) is 4.98 Å². The van der Waals surface area contributed by atoms with Gasteiger partial charge in [-0.1, -0.05) is 23.9 Å². The summed E-state index contributed by atoms with van der Waals surface area (Å²) in [5.41, 5.74) is 5.08. The number of thioether (sulfide) groups is 1. The lowest BCUT2D eigenvalue weighted by atomic mass is 9.97. The van der Waals surface area contributed by atoms with Crippen molar-refractivity contribution in [3.63, 3.8) is 0 Å². The molecule has 0 radical (unpaired) electrons. The maximum atomic E-state index is 5.78. The zero-order valence-electron chi connectivity index (χ0n) is 14.1. The SMILES string of the molecule is COc1cc2c(cc1OC)C(CSc1nc3ccccc3o1)=NCC2. The van der Waals surface area contributed by atoms with E-state index in [4.69, 9.17) is 18.9 Å². The zero-order valence-corrected chi connectivity index (χ0v) is 14.9. The molecule has 0 spiro atoms. The van der Waals surface area contributed by atoms with Gasteiger partial charge in [-0.3, -0.25) is 4.99 Å². The van der Waals surface area contributed by atoms with Crippen molar-refractivity contribution in [2.24, 2.45) is 4.99 Å². The van der Waals surface area contributed by atoms with Crippen molar-refractivity contribution in [2.45, 2.75) is 11.6 Å². The van der Waals surface area contributed by atoms with Gasteiger partial charge in [0.1, 0.15) is 5.52 Å². The minimum atomic E-state index is 0.663. The molecule has 6 heteroatoms. The van der Waals surface area contributed by atoms with E-state index in [1.165, 1.54) is 5.56 Å². The maximum Gasteiger partial charge on any atom is 0.257 e. The lowest BCUT2D eigenvalue weighted by Crippen LogP contribution is -2.15. The number of benzene rings is 2. The van der Waals surface area contributed by atoms with Gasteiger partial charge in [0.25, 0.3) is 5.22 Å². The van der Waals surface area contributed by atoms with Crippen LogP contribution in [-0.2, 0) is 6.42 Å². The Morgan fingerprint density at radius 1 is 1.12 bits per heavy atom. The van der Waals surface area contributed by atoms with Crippen LogP contribution in [0.25, 0.3) is 11.1 Å². The van der Waals surface area contributed by atoms with Crippen molar-refractivity contribution in [3.05, 3.63) is 47.5 Å². The Kier molecular flexibility index (Phi) is 4.36. The van der Waals surface area contributed by atoms with E-state index in [0.29, 0.717) is 11.0 Å². The van der Waals surface area contributed by atoms with Crippen LogP contribution in [0.1, 0.15) is 11.1 Å². The van der Waals surface area contributed by atoms with E-state index >= 15 is 0 Å². The van der Waals surface area contributed by atoms with Gasteiger partial charge in [0, 0.05) is 17.9 Å². The molecule has 2 heterocycles. The van der Waals surface area contributed by atoms with Crippen LogP contribution in [0.5, 0.6) is 11.5 Å². The van der Waals surface area contributed by atoms with Gasteiger partial charge in [0.2, 0.25) is 0 Å². The highest BCUT2D eigenvalue weighted by atomic mass is 32.2. The third-order valence-corrected chi connectivity index (χ3v) is 5.05. The second kappa shape index (κ2) is 6.80. The van der Waals surface area contributed by atoms with Crippen molar-refractivity contribution >= 4 is 28.6 Å². The summed E-state index contributed by atoms with van der Waals surface area (Å²) in [5.74, 6) is 2.19. The first kappa shape index (κ1) is 16.0. The first-order valence-corrected chi connectivity index (χ1v) is 9.04. The molecule has 3 aromatic rings. The average Bonchev–Trinajstić information content (AvgIpc) is 3.08.